The third kappa shape index (κ3) is 4.67. The van der Waals surface area contributed by atoms with Crippen molar-refractivity contribution in [2.24, 2.45) is 0 Å². The van der Waals surface area contributed by atoms with Crippen LogP contribution in [-0.2, 0) is 9.53 Å². The highest BCUT2D eigenvalue weighted by atomic mass is 35.5. The maximum absolute atomic E-state index is 12.2. The normalized spacial score (nSPS) is 11.7. The van der Waals surface area contributed by atoms with Crippen LogP contribution in [0.5, 0.6) is 0 Å². The largest absolute Gasteiger partial charge is 0.449 e. The molecular formula is C19H14Cl2N2O4. The van der Waals surface area contributed by atoms with Crippen molar-refractivity contribution in [1.82, 2.24) is 4.98 Å². The van der Waals surface area contributed by atoms with E-state index in [9.17, 15) is 9.59 Å². The zero-order valence-electron chi connectivity index (χ0n) is 14.1. The molecule has 1 amide bonds. The van der Waals surface area contributed by atoms with Crippen molar-refractivity contribution in [3.63, 3.8) is 0 Å². The van der Waals surface area contributed by atoms with Crippen molar-refractivity contribution in [2.45, 2.75) is 13.0 Å². The van der Waals surface area contributed by atoms with Crippen LogP contribution in [0.15, 0.2) is 59.1 Å². The van der Waals surface area contributed by atoms with Crippen molar-refractivity contribution in [3.8, 4) is 11.3 Å². The predicted octanol–water partition coefficient (Wildman–Crippen LogP) is 4.83. The van der Waals surface area contributed by atoms with E-state index >= 15 is 0 Å². The number of ether oxygens (including phenoxy) is 1. The summed E-state index contributed by atoms with van der Waals surface area (Å²) in [4.78, 5) is 28.3. The highest BCUT2D eigenvalue weighted by molar-refractivity contribution is 6.33. The fourth-order valence-electron chi connectivity index (χ4n) is 2.20. The highest BCUT2D eigenvalue weighted by Crippen LogP contribution is 2.29. The zero-order chi connectivity index (χ0) is 19.4. The van der Waals surface area contributed by atoms with E-state index in [0.717, 1.165) is 0 Å². The molecule has 27 heavy (non-hydrogen) atoms. The van der Waals surface area contributed by atoms with E-state index in [2.05, 4.69) is 10.3 Å². The van der Waals surface area contributed by atoms with Gasteiger partial charge >= 0.3 is 5.97 Å². The number of rotatable bonds is 5. The van der Waals surface area contributed by atoms with Gasteiger partial charge in [0.2, 0.25) is 5.76 Å². The molecule has 2 heterocycles. The minimum atomic E-state index is -1.05. The Morgan fingerprint density at radius 3 is 2.59 bits per heavy atom. The van der Waals surface area contributed by atoms with Gasteiger partial charge in [0.05, 0.1) is 10.0 Å². The van der Waals surface area contributed by atoms with Crippen LogP contribution >= 0.6 is 23.2 Å². The number of nitrogens with one attached hydrogen (secondary N) is 1. The Labute approximate surface area is 165 Å². The van der Waals surface area contributed by atoms with Gasteiger partial charge in [-0.15, -0.1) is 0 Å². The number of benzene rings is 1. The van der Waals surface area contributed by atoms with Gasteiger partial charge in [0, 0.05) is 11.8 Å². The molecule has 0 aliphatic rings. The summed E-state index contributed by atoms with van der Waals surface area (Å²) in [5.74, 6) is -0.605. The van der Waals surface area contributed by atoms with Crippen LogP contribution in [0.3, 0.4) is 0 Å². The molecule has 0 fully saturated rings. The predicted molar refractivity (Wildman–Crippen MR) is 102 cm³/mol. The van der Waals surface area contributed by atoms with Gasteiger partial charge in [-0.1, -0.05) is 35.3 Å². The first-order valence-electron chi connectivity index (χ1n) is 7.92. The van der Waals surface area contributed by atoms with E-state index in [0.29, 0.717) is 27.2 Å². The molecule has 0 radical (unpaired) electrons. The lowest BCUT2D eigenvalue weighted by atomic mass is 10.2. The first-order chi connectivity index (χ1) is 12.9. The standard InChI is InChI=1S/C19H14Cl2N2O4/c1-11(18(24)23-17-9-6-12(20)10-22-17)26-19(25)16-8-7-15(27-16)13-4-2-3-5-14(13)21/h2-11H,1H3,(H,22,23,24). The molecular weight excluding hydrogens is 391 g/mol. The van der Waals surface area contributed by atoms with Gasteiger partial charge < -0.3 is 14.5 Å². The first kappa shape index (κ1) is 18.9. The molecule has 0 saturated heterocycles. The quantitative estimate of drug-likeness (QED) is 0.615. The lowest BCUT2D eigenvalue weighted by Gasteiger charge is -2.12. The van der Waals surface area contributed by atoms with Gasteiger partial charge in [0.1, 0.15) is 11.6 Å². The van der Waals surface area contributed by atoms with E-state index in [1.165, 1.54) is 25.3 Å². The molecule has 3 rings (SSSR count). The molecule has 0 spiro atoms. The second-order valence-electron chi connectivity index (χ2n) is 5.54. The molecule has 8 heteroatoms. The molecule has 1 N–H and O–H groups in total. The lowest BCUT2D eigenvalue weighted by Crippen LogP contribution is -2.30. The maximum atomic E-state index is 12.2. The minimum absolute atomic E-state index is 0.0332. The van der Waals surface area contributed by atoms with Crippen molar-refractivity contribution in [3.05, 3.63) is 70.5 Å². The Kier molecular flexibility index (Phi) is 5.78. The first-order valence-corrected chi connectivity index (χ1v) is 8.68. The SMILES string of the molecule is CC(OC(=O)c1ccc(-c2ccccc2Cl)o1)C(=O)Nc1ccc(Cl)cn1. The third-order valence-corrected chi connectivity index (χ3v) is 4.13. The summed E-state index contributed by atoms with van der Waals surface area (Å²) >= 11 is 11.9. The molecule has 0 aliphatic heterocycles. The van der Waals surface area contributed by atoms with Crippen LogP contribution in [-0.4, -0.2) is 23.0 Å². The molecule has 2 aromatic heterocycles. The van der Waals surface area contributed by atoms with Crippen LogP contribution in [0.4, 0.5) is 5.82 Å². The minimum Gasteiger partial charge on any atom is -0.449 e. The number of hydrogen-bond donors (Lipinski definition) is 1. The summed E-state index contributed by atoms with van der Waals surface area (Å²) in [6, 6.07) is 13.3. The number of nitrogens with zero attached hydrogens (tertiary/aromatic N) is 1. The van der Waals surface area contributed by atoms with Gasteiger partial charge in [-0.3, -0.25) is 4.79 Å². The van der Waals surface area contributed by atoms with Crippen LogP contribution in [0.1, 0.15) is 17.5 Å². The van der Waals surface area contributed by atoms with Gasteiger partial charge in [-0.2, -0.15) is 0 Å². The number of carbonyl (C=O) groups excluding carboxylic acids is 2. The number of anilines is 1. The number of halogens is 2. The van der Waals surface area contributed by atoms with E-state index in [1.807, 2.05) is 0 Å². The number of amides is 1. The molecule has 138 valence electrons. The van der Waals surface area contributed by atoms with Gasteiger partial charge in [0.25, 0.3) is 5.91 Å². The Bertz CT molecular complexity index is 970. The van der Waals surface area contributed by atoms with Crippen molar-refractivity contribution in [2.75, 3.05) is 5.32 Å². The number of aromatic nitrogens is 1. The van der Waals surface area contributed by atoms with E-state index in [1.54, 1.807) is 36.4 Å². The second-order valence-corrected chi connectivity index (χ2v) is 6.39. The fourth-order valence-corrected chi connectivity index (χ4v) is 2.54. The Balaban J connectivity index is 1.64. The van der Waals surface area contributed by atoms with Crippen molar-refractivity contribution in [1.29, 1.82) is 0 Å². The Hall–Kier alpha value is -2.83. The average molecular weight is 405 g/mol. The molecule has 3 aromatic rings. The van der Waals surface area contributed by atoms with Gasteiger partial charge in [0.15, 0.2) is 6.10 Å². The highest BCUT2D eigenvalue weighted by Gasteiger charge is 2.22. The fraction of sp³-hybridized carbons (Fsp3) is 0.105. The van der Waals surface area contributed by atoms with Gasteiger partial charge in [-0.25, -0.2) is 9.78 Å². The summed E-state index contributed by atoms with van der Waals surface area (Å²) in [5.41, 5.74) is 0.651. The van der Waals surface area contributed by atoms with Crippen molar-refractivity contribution >= 4 is 40.9 Å². The Morgan fingerprint density at radius 2 is 1.89 bits per heavy atom. The summed E-state index contributed by atoms with van der Waals surface area (Å²) < 4.78 is 10.6. The van der Waals surface area contributed by atoms with Crippen molar-refractivity contribution < 1.29 is 18.7 Å². The molecule has 1 unspecified atom stereocenters. The summed E-state index contributed by atoms with van der Waals surface area (Å²) in [6.45, 7) is 1.45. The van der Waals surface area contributed by atoms with Crippen LogP contribution in [0.25, 0.3) is 11.3 Å². The number of carbonyl (C=O) groups is 2. The zero-order valence-corrected chi connectivity index (χ0v) is 15.6. The number of pyridine rings is 1. The molecule has 0 saturated carbocycles. The lowest BCUT2D eigenvalue weighted by molar-refractivity contribution is -0.123. The summed E-state index contributed by atoms with van der Waals surface area (Å²) in [7, 11) is 0. The monoisotopic (exact) mass is 404 g/mol. The topological polar surface area (TPSA) is 81.4 Å². The maximum Gasteiger partial charge on any atom is 0.375 e. The number of hydrogen-bond acceptors (Lipinski definition) is 5. The van der Waals surface area contributed by atoms with Crippen LogP contribution in [0.2, 0.25) is 10.0 Å². The third-order valence-electron chi connectivity index (χ3n) is 3.58. The molecule has 1 aromatic carbocycles. The summed E-state index contributed by atoms with van der Waals surface area (Å²) in [6.07, 6.45) is 0.344. The molecule has 0 bridgehead atoms. The number of furan rings is 1. The van der Waals surface area contributed by atoms with E-state index in [4.69, 9.17) is 32.4 Å². The molecule has 6 nitrogen and oxygen atoms in total. The van der Waals surface area contributed by atoms with Crippen LogP contribution < -0.4 is 5.32 Å². The van der Waals surface area contributed by atoms with Gasteiger partial charge in [-0.05, 0) is 43.3 Å². The van der Waals surface area contributed by atoms with Crippen LogP contribution in [0, 0.1) is 0 Å². The molecule has 0 aliphatic carbocycles. The molecule has 1 atom stereocenters. The Morgan fingerprint density at radius 1 is 1.11 bits per heavy atom. The number of esters is 1. The van der Waals surface area contributed by atoms with E-state index in [-0.39, 0.29) is 5.76 Å². The summed E-state index contributed by atoms with van der Waals surface area (Å²) in [5, 5.41) is 3.47. The average Bonchev–Trinajstić information content (AvgIpc) is 3.14. The smallest absolute Gasteiger partial charge is 0.375 e. The van der Waals surface area contributed by atoms with E-state index < -0.39 is 18.0 Å². The second kappa shape index (κ2) is 8.24.